The second kappa shape index (κ2) is 5.23. The Morgan fingerprint density at radius 3 is 2.89 bits per heavy atom. The van der Waals surface area contributed by atoms with Gasteiger partial charge in [-0.25, -0.2) is 9.37 Å². The molecule has 0 aliphatic heterocycles. The van der Waals surface area contributed by atoms with Crippen molar-refractivity contribution in [2.45, 2.75) is 6.61 Å². The van der Waals surface area contributed by atoms with Crippen molar-refractivity contribution >= 4 is 17.3 Å². The SMILES string of the molecule is Cn1c(Cl)cnc1COc1cc(F)ccc1[N+](=O)[O-]. The second-order valence-electron chi connectivity index (χ2n) is 3.71. The summed E-state index contributed by atoms with van der Waals surface area (Å²) in [6.45, 7) is -0.0481. The largest absolute Gasteiger partial charge is 0.479 e. The van der Waals surface area contributed by atoms with Gasteiger partial charge in [-0.15, -0.1) is 0 Å². The molecule has 0 aliphatic rings. The van der Waals surface area contributed by atoms with Gasteiger partial charge in [0.2, 0.25) is 0 Å². The third kappa shape index (κ3) is 2.82. The van der Waals surface area contributed by atoms with Crippen LogP contribution in [0.2, 0.25) is 5.15 Å². The Morgan fingerprint density at radius 2 is 2.32 bits per heavy atom. The highest BCUT2D eigenvalue weighted by atomic mass is 35.5. The summed E-state index contributed by atoms with van der Waals surface area (Å²) in [6.07, 6.45) is 1.43. The molecule has 0 saturated carbocycles. The number of aromatic nitrogens is 2. The zero-order valence-electron chi connectivity index (χ0n) is 9.84. The highest BCUT2D eigenvalue weighted by Crippen LogP contribution is 2.28. The molecular weight excluding hydrogens is 277 g/mol. The van der Waals surface area contributed by atoms with Gasteiger partial charge in [0, 0.05) is 19.2 Å². The standard InChI is InChI=1S/C11H9ClFN3O3/c1-15-10(12)5-14-11(15)6-19-9-4-7(13)2-3-8(9)16(17)18/h2-5H,6H2,1H3. The van der Waals surface area contributed by atoms with Crippen LogP contribution in [0.4, 0.5) is 10.1 Å². The lowest BCUT2D eigenvalue weighted by Crippen LogP contribution is -2.05. The number of nitrogens with zero attached hydrogens (tertiary/aromatic N) is 3. The monoisotopic (exact) mass is 285 g/mol. The summed E-state index contributed by atoms with van der Waals surface area (Å²) in [5, 5.41) is 11.2. The lowest BCUT2D eigenvalue weighted by Gasteiger charge is -2.07. The van der Waals surface area contributed by atoms with E-state index >= 15 is 0 Å². The fourth-order valence-corrected chi connectivity index (χ4v) is 1.60. The number of nitro benzene ring substituents is 1. The van der Waals surface area contributed by atoms with Crippen LogP contribution in [0, 0.1) is 15.9 Å². The minimum Gasteiger partial charge on any atom is -0.479 e. The fraction of sp³-hybridized carbons (Fsp3) is 0.182. The highest BCUT2D eigenvalue weighted by molar-refractivity contribution is 6.29. The molecule has 0 radical (unpaired) electrons. The number of hydrogen-bond acceptors (Lipinski definition) is 4. The van der Waals surface area contributed by atoms with Gasteiger partial charge in [0.25, 0.3) is 0 Å². The van der Waals surface area contributed by atoms with Gasteiger partial charge in [-0.3, -0.25) is 10.1 Å². The number of ether oxygens (including phenoxy) is 1. The first kappa shape index (κ1) is 13.3. The van der Waals surface area contributed by atoms with Gasteiger partial charge in [0.1, 0.15) is 23.4 Å². The molecule has 1 heterocycles. The van der Waals surface area contributed by atoms with Crippen molar-refractivity contribution in [2.24, 2.45) is 7.05 Å². The van der Waals surface area contributed by atoms with Gasteiger partial charge in [-0.05, 0) is 6.07 Å². The molecule has 0 atom stereocenters. The highest BCUT2D eigenvalue weighted by Gasteiger charge is 2.16. The van der Waals surface area contributed by atoms with Gasteiger partial charge in [-0.2, -0.15) is 0 Å². The quantitative estimate of drug-likeness (QED) is 0.640. The summed E-state index contributed by atoms with van der Waals surface area (Å²) in [4.78, 5) is 14.1. The molecule has 0 unspecified atom stereocenters. The molecule has 1 aromatic heterocycles. The number of imidazole rings is 1. The van der Waals surface area contributed by atoms with Crippen molar-refractivity contribution in [3.05, 3.63) is 51.3 Å². The van der Waals surface area contributed by atoms with Gasteiger partial charge in [-0.1, -0.05) is 11.6 Å². The molecular formula is C11H9ClFN3O3. The molecule has 19 heavy (non-hydrogen) atoms. The Kier molecular flexibility index (Phi) is 3.66. The Bertz CT molecular complexity index is 630. The minimum absolute atomic E-state index is 0.0481. The van der Waals surface area contributed by atoms with Crippen LogP contribution in [0.25, 0.3) is 0 Å². The van der Waals surface area contributed by atoms with Crippen molar-refractivity contribution in [1.29, 1.82) is 0 Å². The van der Waals surface area contributed by atoms with Crippen LogP contribution in [-0.2, 0) is 13.7 Å². The van der Waals surface area contributed by atoms with Crippen LogP contribution in [0.15, 0.2) is 24.4 Å². The van der Waals surface area contributed by atoms with Gasteiger partial charge in [0.15, 0.2) is 5.75 Å². The average molecular weight is 286 g/mol. The molecule has 8 heteroatoms. The average Bonchev–Trinajstić information content (AvgIpc) is 2.67. The zero-order valence-corrected chi connectivity index (χ0v) is 10.6. The topological polar surface area (TPSA) is 70.2 Å². The number of nitro groups is 1. The number of benzene rings is 1. The predicted octanol–water partition coefficient (Wildman–Crippen LogP) is 2.70. The van der Waals surface area contributed by atoms with Crippen LogP contribution in [-0.4, -0.2) is 14.5 Å². The Morgan fingerprint density at radius 1 is 1.58 bits per heavy atom. The Balaban J connectivity index is 2.21. The summed E-state index contributed by atoms with van der Waals surface area (Å²) in [6, 6.07) is 3.02. The van der Waals surface area contributed by atoms with Gasteiger partial charge < -0.3 is 9.30 Å². The lowest BCUT2D eigenvalue weighted by molar-refractivity contribution is -0.386. The van der Waals surface area contributed by atoms with E-state index in [1.54, 1.807) is 11.6 Å². The van der Waals surface area contributed by atoms with Crippen molar-refractivity contribution in [1.82, 2.24) is 9.55 Å². The molecule has 0 aliphatic carbocycles. The number of halogens is 2. The van der Waals surface area contributed by atoms with Crippen LogP contribution in [0.5, 0.6) is 5.75 Å². The first-order chi connectivity index (χ1) is 8.99. The van der Waals surface area contributed by atoms with E-state index in [2.05, 4.69) is 4.98 Å². The van der Waals surface area contributed by atoms with Gasteiger partial charge >= 0.3 is 5.69 Å². The molecule has 0 N–H and O–H groups in total. The van der Waals surface area contributed by atoms with Crippen LogP contribution >= 0.6 is 11.6 Å². The normalized spacial score (nSPS) is 10.5. The van der Waals surface area contributed by atoms with Crippen LogP contribution < -0.4 is 4.74 Å². The molecule has 0 fully saturated rings. The summed E-state index contributed by atoms with van der Waals surface area (Å²) < 4.78 is 19.9. The maximum atomic E-state index is 13.1. The van der Waals surface area contributed by atoms with E-state index in [-0.39, 0.29) is 18.0 Å². The first-order valence-corrected chi connectivity index (χ1v) is 5.59. The molecule has 2 rings (SSSR count). The lowest BCUT2D eigenvalue weighted by atomic mass is 10.3. The molecule has 0 saturated heterocycles. The van der Waals surface area contributed by atoms with E-state index in [0.717, 1.165) is 18.2 Å². The summed E-state index contributed by atoms with van der Waals surface area (Å²) >= 11 is 5.79. The summed E-state index contributed by atoms with van der Waals surface area (Å²) in [5.74, 6) is -0.286. The first-order valence-electron chi connectivity index (χ1n) is 5.22. The van der Waals surface area contributed by atoms with Crippen LogP contribution in [0.1, 0.15) is 5.82 Å². The van der Waals surface area contributed by atoms with E-state index in [1.807, 2.05) is 0 Å². The number of rotatable bonds is 4. The van der Waals surface area contributed by atoms with Crippen molar-refractivity contribution < 1.29 is 14.1 Å². The Labute approximate surface area is 112 Å². The fourth-order valence-electron chi connectivity index (χ4n) is 1.46. The van der Waals surface area contributed by atoms with Crippen molar-refractivity contribution in [3.63, 3.8) is 0 Å². The molecule has 6 nitrogen and oxygen atoms in total. The molecule has 100 valence electrons. The smallest absolute Gasteiger partial charge is 0.311 e. The zero-order chi connectivity index (χ0) is 14.0. The molecule has 2 aromatic rings. The summed E-state index contributed by atoms with van der Waals surface area (Å²) in [5.41, 5.74) is -0.304. The van der Waals surface area contributed by atoms with Crippen molar-refractivity contribution in [3.8, 4) is 5.75 Å². The maximum absolute atomic E-state index is 13.1. The van der Waals surface area contributed by atoms with E-state index in [9.17, 15) is 14.5 Å². The van der Waals surface area contributed by atoms with E-state index in [0.29, 0.717) is 11.0 Å². The van der Waals surface area contributed by atoms with E-state index < -0.39 is 10.7 Å². The summed E-state index contributed by atoms with van der Waals surface area (Å²) in [7, 11) is 1.67. The van der Waals surface area contributed by atoms with Gasteiger partial charge in [0.05, 0.1) is 11.1 Å². The molecule has 1 aromatic carbocycles. The third-order valence-corrected chi connectivity index (χ3v) is 2.85. The van der Waals surface area contributed by atoms with E-state index in [4.69, 9.17) is 16.3 Å². The Hall–Kier alpha value is -2.15. The minimum atomic E-state index is -0.639. The molecule has 0 spiro atoms. The van der Waals surface area contributed by atoms with E-state index in [1.165, 1.54) is 6.20 Å². The maximum Gasteiger partial charge on any atom is 0.311 e. The van der Waals surface area contributed by atoms with Crippen molar-refractivity contribution in [2.75, 3.05) is 0 Å². The molecule has 0 bridgehead atoms. The third-order valence-electron chi connectivity index (χ3n) is 2.50. The van der Waals surface area contributed by atoms with Crippen LogP contribution in [0.3, 0.4) is 0 Å². The number of hydrogen-bond donors (Lipinski definition) is 0. The predicted molar refractivity (Wildman–Crippen MR) is 65.6 cm³/mol. The second-order valence-corrected chi connectivity index (χ2v) is 4.10. The molecule has 0 amide bonds.